The standard InChI is InChI=1S/C16H16BrF2NO/c1-21-12-5-6-14(17)10(8-12)7-11(20)9-13-15(18)3-2-4-16(13)19/h2-6,8,11H,7,9,20H2,1H3. The average molecular weight is 356 g/mol. The largest absolute Gasteiger partial charge is 0.497 e. The minimum absolute atomic E-state index is 0.0315. The third-order valence-corrected chi connectivity index (χ3v) is 4.04. The van der Waals surface area contributed by atoms with Crippen molar-refractivity contribution in [2.24, 2.45) is 5.73 Å². The van der Waals surface area contributed by atoms with Gasteiger partial charge in [-0.25, -0.2) is 8.78 Å². The topological polar surface area (TPSA) is 35.2 Å². The number of halogens is 3. The molecular weight excluding hydrogens is 340 g/mol. The van der Waals surface area contributed by atoms with Crippen molar-refractivity contribution >= 4 is 15.9 Å². The molecule has 0 amide bonds. The van der Waals surface area contributed by atoms with E-state index < -0.39 is 11.6 Å². The maximum Gasteiger partial charge on any atom is 0.129 e. The summed E-state index contributed by atoms with van der Waals surface area (Å²) in [4.78, 5) is 0. The predicted molar refractivity (Wildman–Crippen MR) is 82.4 cm³/mol. The molecule has 0 saturated carbocycles. The normalized spacial score (nSPS) is 12.2. The van der Waals surface area contributed by atoms with E-state index in [1.165, 1.54) is 18.2 Å². The Hall–Kier alpha value is -1.46. The van der Waals surface area contributed by atoms with Crippen LogP contribution in [0.5, 0.6) is 5.75 Å². The minimum Gasteiger partial charge on any atom is -0.497 e. The van der Waals surface area contributed by atoms with Crippen molar-refractivity contribution < 1.29 is 13.5 Å². The third-order valence-electron chi connectivity index (χ3n) is 3.26. The summed E-state index contributed by atoms with van der Waals surface area (Å²) in [5.41, 5.74) is 7.02. The summed E-state index contributed by atoms with van der Waals surface area (Å²) in [6, 6.07) is 9.00. The summed E-state index contributed by atoms with van der Waals surface area (Å²) in [6.45, 7) is 0. The molecule has 2 nitrogen and oxygen atoms in total. The third kappa shape index (κ3) is 4.02. The SMILES string of the molecule is COc1ccc(Br)c(CC(N)Cc2c(F)cccc2F)c1. The van der Waals surface area contributed by atoms with E-state index in [9.17, 15) is 8.78 Å². The quantitative estimate of drug-likeness (QED) is 0.883. The number of methoxy groups -OCH3 is 1. The highest BCUT2D eigenvalue weighted by atomic mass is 79.9. The van der Waals surface area contributed by atoms with Crippen LogP contribution in [0.15, 0.2) is 40.9 Å². The fourth-order valence-corrected chi connectivity index (χ4v) is 2.59. The first-order valence-corrected chi connectivity index (χ1v) is 7.31. The van der Waals surface area contributed by atoms with Gasteiger partial charge in [0, 0.05) is 16.1 Å². The minimum atomic E-state index is -0.560. The number of hydrogen-bond donors (Lipinski definition) is 1. The molecule has 0 aliphatic carbocycles. The van der Waals surface area contributed by atoms with Crippen molar-refractivity contribution in [1.29, 1.82) is 0 Å². The van der Waals surface area contributed by atoms with Gasteiger partial charge in [0.1, 0.15) is 17.4 Å². The Labute approximate surface area is 131 Å². The van der Waals surface area contributed by atoms with Gasteiger partial charge < -0.3 is 10.5 Å². The van der Waals surface area contributed by atoms with Crippen LogP contribution in [0, 0.1) is 11.6 Å². The number of nitrogens with two attached hydrogens (primary N) is 1. The van der Waals surface area contributed by atoms with Crippen molar-refractivity contribution in [2.75, 3.05) is 7.11 Å². The molecule has 0 fully saturated rings. The van der Waals surface area contributed by atoms with Crippen molar-refractivity contribution in [2.45, 2.75) is 18.9 Å². The lowest BCUT2D eigenvalue weighted by atomic mass is 9.99. The summed E-state index contributed by atoms with van der Waals surface area (Å²) in [5, 5.41) is 0. The number of rotatable bonds is 5. The van der Waals surface area contributed by atoms with Crippen LogP contribution in [0.1, 0.15) is 11.1 Å². The predicted octanol–water partition coefficient (Wildman–Crippen LogP) is 3.85. The second kappa shape index (κ2) is 7.00. The average Bonchev–Trinajstić information content (AvgIpc) is 2.45. The van der Waals surface area contributed by atoms with Gasteiger partial charge in [-0.3, -0.25) is 0 Å². The fraction of sp³-hybridized carbons (Fsp3) is 0.250. The van der Waals surface area contributed by atoms with Crippen LogP contribution in [0.2, 0.25) is 0 Å². The van der Waals surface area contributed by atoms with Crippen LogP contribution in [0.4, 0.5) is 8.78 Å². The molecule has 2 rings (SSSR count). The van der Waals surface area contributed by atoms with Gasteiger partial charge in [-0.05, 0) is 48.7 Å². The zero-order valence-electron chi connectivity index (χ0n) is 11.6. The molecule has 1 atom stereocenters. The number of ether oxygens (including phenoxy) is 1. The molecular formula is C16H16BrF2NO. The van der Waals surface area contributed by atoms with E-state index in [2.05, 4.69) is 15.9 Å². The molecule has 2 aromatic rings. The Balaban J connectivity index is 2.13. The Bertz CT molecular complexity index is 613. The smallest absolute Gasteiger partial charge is 0.129 e. The summed E-state index contributed by atoms with van der Waals surface area (Å²) < 4.78 is 33.3. The lowest BCUT2D eigenvalue weighted by Gasteiger charge is -2.15. The van der Waals surface area contributed by atoms with E-state index >= 15 is 0 Å². The summed E-state index contributed by atoms with van der Waals surface area (Å²) in [7, 11) is 1.58. The van der Waals surface area contributed by atoms with Gasteiger partial charge in [-0.15, -0.1) is 0 Å². The number of hydrogen-bond acceptors (Lipinski definition) is 2. The van der Waals surface area contributed by atoms with E-state index in [0.717, 1.165) is 15.8 Å². The first-order valence-electron chi connectivity index (χ1n) is 6.52. The second-order valence-corrected chi connectivity index (χ2v) is 5.68. The molecule has 0 saturated heterocycles. The fourth-order valence-electron chi connectivity index (χ4n) is 2.18. The first-order chi connectivity index (χ1) is 10.0. The van der Waals surface area contributed by atoms with Gasteiger partial charge >= 0.3 is 0 Å². The number of benzene rings is 2. The molecule has 1 unspecified atom stereocenters. The van der Waals surface area contributed by atoms with Crippen LogP contribution in [0.25, 0.3) is 0 Å². The summed E-state index contributed by atoms with van der Waals surface area (Å²) in [6.07, 6.45) is 0.633. The van der Waals surface area contributed by atoms with Crippen molar-refractivity contribution in [3.05, 3.63) is 63.6 Å². The van der Waals surface area contributed by atoms with Gasteiger partial charge in [0.05, 0.1) is 7.11 Å². The highest BCUT2D eigenvalue weighted by Crippen LogP contribution is 2.24. The van der Waals surface area contributed by atoms with Crippen molar-refractivity contribution in [1.82, 2.24) is 0 Å². The molecule has 21 heavy (non-hydrogen) atoms. The van der Waals surface area contributed by atoms with E-state index in [1.54, 1.807) is 7.11 Å². The van der Waals surface area contributed by atoms with Gasteiger partial charge in [0.15, 0.2) is 0 Å². The van der Waals surface area contributed by atoms with Crippen LogP contribution in [-0.2, 0) is 12.8 Å². The maximum absolute atomic E-state index is 13.6. The van der Waals surface area contributed by atoms with Crippen LogP contribution < -0.4 is 10.5 Å². The molecule has 0 radical (unpaired) electrons. The lowest BCUT2D eigenvalue weighted by molar-refractivity contribution is 0.414. The summed E-state index contributed by atoms with van der Waals surface area (Å²) >= 11 is 3.44. The molecule has 112 valence electrons. The second-order valence-electron chi connectivity index (χ2n) is 4.83. The Kier molecular flexibility index (Phi) is 5.31. The molecule has 0 heterocycles. The zero-order chi connectivity index (χ0) is 15.4. The Morgan fingerprint density at radius 1 is 1.14 bits per heavy atom. The van der Waals surface area contributed by atoms with E-state index in [4.69, 9.17) is 10.5 Å². The molecule has 5 heteroatoms. The first kappa shape index (κ1) is 15.9. The van der Waals surface area contributed by atoms with E-state index in [1.807, 2.05) is 18.2 Å². The molecule has 0 aromatic heterocycles. The maximum atomic E-state index is 13.6. The van der Waals surface area contributed by atoms with Crippen molar-refractivity contribution in [3.63, 3.8) is 0 Å². The van der Waals surface area contributed by atoms with Crippen LogP contribution in [0.3, 0.4) is 0 Å². The Morgan fingerprint density at radius 3 is 2.43 bits per heavy atom. The van der Waals surface area contributed by atoms with Crippen molar-refractivity contribution in [3.8, 4) is 5.75 Å². The van der Waals surface area contributed by atoms with Gasteiger partial charge in [-0.2, -0.15) is 0 Å². The summed E-state index contributed by atoms with van der Waals surface area (Å²) in [5.74, 6) is -0.400. The highest BCUT2D eigenvalue weighted by molar-refractivity contribution is 9.10. The molecule has 0 aliphatic heterocycles. The van der Waals surface area contributed by atoms with E-state index in [-0.39, 0.29) is 18.0 Å². The van der Waals surface area contributed by atoms with Gasteiger partial charge in [0.25, 0.3) is 0 Å². The molecule has 2 N–H and O–H groups in total. The van der Waals surface area contributed by atoms with Gasteiger partial charge in [0.2, 0.25) is 0 Å². The van der Waals surface area contributed by atoms with Crippen LogP contribution in [-0.4, -0.2) is 13.2 Å². The highest BCUT2D eigenvalue weighted by Gasteiger charge is 2.14. The zero-order valence-corrected chi connectivity index (χ0v) is 13.2. The Morgan fingerprint density at radius 2 is 1.81 bits per heavy atom. The van der Waals surface area contributed by atoms with E-state index in [0.29, 0.717) is 6.42 Å². The molecule has 0 spiro atoms. The molecule has 0 aliphatic rings. The molecule has 0 bridgehead atoms. The van der Waals surface area contributed by atoms with Crippen LogP contribution >= 0.6 is 15.9 Å². The molecule has 2 aromatic carbocycles. The lowest BCUT2D eigenvalue weighted by Crippen LogP contribution is -2.26. The monoisotopic (exact) mass is 355 g/mol. The van der Waals surface area contributed by atoms with Gasteiger partial charge in [-0.1, -0.05) is 22.0 Å².